The fourth-order valence-corrected chi connectivity index (χ4v) is 3.24. The molecular formula is C18H12O6. The third-order valence-corrected chi connectivity index (χ3v) is 4.40. The lowest BCUT2D eigenvalue weighted by atomic mass is 9.80. The Morgan fingerprint density at radius 3 is 2.75 bits per heavy atom. The van der Waals surface area contributed by atoms with Gasteiger partial charge in [-0.1, -0.05) is 24.3 Å². The third-order valence-electron chi connectivity index (χ3n) is 4.40. The molecule has 0 fully saturated rings. The zero-order chi connectivity index (χ0) is 16.8. The zero-order valence-electron chi connectivity index (χ0n) is 12.4. The first-order valence-corrected chi connectivity index (χ1v) is 7.38. The van der Waals surface area contributed by atoms with Crippen LogP contribution in [0.4, 0.5) is 0 Å². The Bertz CT molecular complexity index is 940. The van der Waals surface area contributed by atoms with Gasteiger partial charge in [0.2, 0.25) is 6.29 Å². The Kier molecular flexibility index (Phi) is 3.21. The molecule has 0 amide bonds. The monoisotopic (exact) mass is 324 g/mol. The van der Waals surface area contributed by atoms with Crippen molar-refractivity contribution >= 4 is 28.8 Å². The zero-order valence-corrected chi connectivity index (χ0v) is 12.4. The maximum Gasteiger partial charge on any atom is 0.295 e. The molecule has 2 aromatic rings. The van der Waals surface area contributed by atoms with Crippen LogP contribution in [0.5, 0.6) is 5.75 Å². The van der Waals surface area contributed by atoms with Gasteiger partial charge in [-0.05, 0) is 11.5 Å². The van der Waals surface area contributed by atoms with Crippen LogP contribution >= 0.6 is 0 Å². The number of aromatic hydroxyl groups is 1. The molecule has 1 N–H and O–H groups in total. The molecule has 0 radical (unpaired) electrons. The topological polar surface area (TPSA) is 89.9 Å². The molecule has 6 heteroatoms. The molecule has 0 saturated heterocycles. The summed E-state index contributed by atoms with van der Waals surface area (Å²) in [7, 11) is 0. The predicted octanol–water partition coefficient (Wildman–Crippen LogP) is 2.14. The molecule has 1 aliphatic carbocycles. The normalized spacial score (nSPS) is 19.9. The van der Waals surface area contributed by atoms with Crippen molar-refractivity contribution in [1.29, 1.82) is 0 Å². The van der Waals surface area contributed by atoms with Gasteiger partial charge in [0.25, 0.3) is 6.47 Å². The summed E-state index contributed by atoms with van der Waals surface area (Å²) < 4.78 is 10.0. The van der Waals surface area contributed by atoms with Crippen LogP contribution in [-0.4, -0.2) is 36.0 Å². The first-order valence-electron chi connectivity index (χ1n) is 7.38. The van der Waals surface area contributed by atoms with Crippen LogP contribution in [0.3, 0.4) is 0 Å². The highest BCUT2D eigenvalue weighted by molar-refractivity contribution is 6.29. The standard InChI is InChI=1S/C18H12O6/c19-8-24-14-6-11-13(7-23-14)18(22)15-12(16(11)20)5-9-3-1-2-4-10(9)17(15)21/h1-5,8,14,21H,6-7H2. The maximum atomic E-state index is 12.8. The summed E-state index contributed by atoms with van der Waals surface area (Å²) in [4.78, 5) is 36.1. The Hall–Kier alpha value is -2.99. The van der Waals surface area contributed by atoms with Crippen LogP contribution in [0.25, 0.3) is 10.8 Å². The summed E-state index contributed by atoms with van der Waals surface area (Å²) in [5, 5.41) is 11.7. The number of ketones is 2. The van der Waals surface area contributed by atoms with Gasteiger partial charge in [0.1, 0.15) is 5.75 Å². The van der Waals surface area contributed by atoms with Gasteiger partial charge in [-0.3, -0.25) is 14.4 Å². The number of carbonyl (C=O) groups excluding carboxylic acids is 3. The van der Waals surface area contributed by atoms with E-state index in [4.69, 9.17) is 9.47 Å². The lowest BCUT2D eigenvalue weighted by molar-refractivity contribution is -0.163. The maximum absolute atomic E-state index is 12.8. The number of hydrogen-bond donors (Lipinski definition) is 1. The van der Waals surface area contributed by atoms with E-state index >= 15 is 0 Å². The second-order valence-electron chi connectivity index (χ2n) is 5.66. The van der Waals surface area contributed by atoms with Crippen molar-refractivity contribution in [2.75, 3.05) is 6.61 Å². The molecule has 120 valence electrons. The van der Waals surface area contributed by atoms with E-state index in [1.54, 1.807) is 30.3 Å². The molecule has 2 aliphatic rings. The molecule has 1 aliphatic heterocycles. The number of fused-ring (bicyclic) bond motifs is 2. The van der Waals surface area contributed by atoms with Gasteiger partial charge >= 0.3 is 0 Å². The predicted molar refractivity (Wildman–Crippen MR) is 82.8 cm³/mol. The fourth-order valence-electron chi connectivity index (χ4n) is 3.24. The molecule has 0 bridgehead atoms. The van der Waals surface area contributed by atoms with E-state index in [9.17, 15) is 19.5 Å². The van der Waals surface area contributed by atoms with E-state index in [0.717, 1.165) is 0 Å². The Morgan fingerprint density at radius 2 is 1.96 bits per heavy atom. The SMILES string of the molecule is O=COC1CC2=C(CO1)C(=O)c1c(cc3ccccc3c1O)C2=O. The number of hydrogen-bond acceptors (Lipinski definition) is 6. The van der Waals surface area contributed by atoms with Gasteiger partial charge < -0.3 is 14.6 Å². The molecule has 1 atom stereocenters. The minimum atomic E-state index is -0.881. The first kappa shape index (κ1) is 14.6. The van der Waals surface area contributed by atoms with E-state index in [1.807, 2.05) is 0 Å². The van der Waals surface area contributed by atoms with Gasteiger partial charge in [0.05, 0.1) is 12.2 Å². The summed E-state index contributed by atoms with van der Waals surface area (Å²) >= 11 is 0. The van der Waals surface area contributed by atoms with Crippen molar-refractivity contribution in [2.45, 2.75) is 12.7 Å². The second-order valence-corrected chi connectivity index (χ2v) is 5.66. The lowest BCUT2D eigenvalue weighted by Gasteiger charge is -2.29. The Morgan fingerprint density at radius 1 is 1.17 bits per heavy atom. The largest absolute Gasteiger partial charge is 0.507 e. The summed E-state index contributed by atoms with van der Waals surface area (Å²) in [5.41, 5.74) is 0.668. The molecule has 4 rings (SSSR count). The summed E-state index contributed by atoms with van der Waals surface area (Å²) in [6.45, 7) is 0.114. The number of rotatable bonds is 2. The highest BCUT2D eigenvalue weighted by Crippen LogP contribution is 2.40. The van der Waals surface area contributed by atoms with Crippen LogP contribution in [-0.2, 0) is 14.3 Å². The second kappa shape index (κ2) is 5.28. The fraction of sp³-hybridized carbons (Fsp3) is 0.167. The average Bonchev–Trinajstić information content (AvgIpc) is 2.60. The molecule has 6 nitrogen and oxygen atoms in total. The summed E-state index contributed by atoms with van der Waals surface area (Å²) in [5.74, 6) is -0.963. The Balaban J connectivity index is 1.90. The van der Waals surface area contributed by atoms with E-state index in [0.29, 0.717) is 10.8 Å². The van der Waals surface area contributed by atoms with Gasteiger partial charge in [-0.2, -0.15) is 0 Å². The van der Waals surface area contributed by atoms with Crippen molar-refractivity contribution in [3.05, 3.63) is 52.6 Å². The van der Waals surface area contributed by atoms with Crippen LogP contribution in [0, 0.1) is 0 Å². The molecule has 0 spiro atoms. The lowest BCUT2D eigenvalue weighted by Crippen LogP contribution is -2.33. The highest BCUT2D eigenvalue weighted by Gasteiger charge is 2.39. The Labute approximate surface area is 136 Å². The molecule has 0 aromatic heterocycles. The van der Waals surface area contributed by atoms with Crippen LogP contribution in [0.1, 0.15) is 27.1 Å². The van der Waals surface area contributed by atoms with E-state index in [1.165, 1.54) is 0 Å². The molecule has 0 saturated carbocycles. The number of carbonyl (C=O) groups is 3. The first-order chi connectivity index (χ1) is 11.6. The van der Waals surface area contributed by atoms with Crippen LogP contribution in [0.15, 0.2) is 41.5 Å². The average molecular weight is 324 g/mol. The molecular weight excluding hydrogens is 312 g/mol. The number of ether oxygens (including phenoxy) is 2. The van der Waals surface area contributed by atoms with Crippen LogP contribution < -0.4 is 0 Å². The number of benzene rings is 2. The minimum Gasteiger partial charge on any atom is -0.507 e. The third kappa shape index (κ3) is 1.97. The van der Waals surface area contributed by atoms with Crippen molar-refractivity contribution in [3.8, 4) is 5.75 Å². The number of Topliss-reactive ketones (excluding diaryl/α,β-unsaturated/α-hetero) is 2. The van der Waals surface area contributed by atoms with Crippen molar-refractivity contribution in [2.24, 2.45) is 0 Å². The van der Waals surface area contributed by atoms with Gasteiger partial charge in [0, 0.05) is 28.5 Å². The van der Waals surface area contributed by atoms with Crippen molar-refractivity contribution < 1.29 is 29.0 Å². The summed E-state index contributed by atoms with van der Waals surface area (Å²) in [6, 6.07) is 8.60. The molecule has 24 heavy (non-hydrogen) atoms. The highest BCUT2D eigenvalue weighted by atomic mass is 16.7. The van der Waals surface area contributed by atoms with Gasteiger partial charge in [-0.25, -0.2) is 0 Å². The molecule has 1 unspecified atom stereocenters. The van der Waals surface area contributed by atoms with Gasteiger partial charge in [0.15, 0.2) is 11.6 Å². The van der Waals surface area contributed by atoms with Gasteiger partial charge in [-0.15, -0.1) is 0 Å². The van der Waals surface area contributed by atoms with E-state index in [-0.39, 0.29) is 53.3 Å². The minimum absolute atomic E-state index is 0.0100. The summed E-state index contributed by atoms with van der Waals surface area (Å²) in [6.07, 6.45) is -0.861. The van der Waals surface area contributed by atoms with E-state index < -0.39 is 12.1 Å². The van der Waals surface area contributed by atoms with Crippen molar-refractivity contribution in [3.63, 3.8) is 0 Å². The number of phenolic OH excluding ortho intramolecular Hbond substituents is 1. The molecule has 2 aromatic carbocycles. The molecule has 1 heterocycles. The van der Waals surface area contributed by atoms with E-state index in [2.05, 4.69) is 0 Å². The number of phenols is 1. The quantitative estimate of drug-likeness (QED) is 0.851. The smallest absolute Gasteiger partial charge is 0.295 e. The van der Waals surface area contributed by atoms with Crippen LogP contribution in [0.2, 0.25) is 0 Å². The van der Waals surface area contributed by atoms with Crippen molar-refractivity contribution in [1.82, 2.24) is 0 Å².